The first kappa shape index (κ1) is 13.9. The van der Waals surface area contributed by atoms with Gasteiger partial charge < -0.3 is 0 Å². The Labute approximate surface area is 121 Å². The second-order valence-electron chi connectivity index (χ2n) is 4.60. The van der Waals surface area contributed by atoms with E-state index in [1.54, 1.807) is 16.8 Å². The molecule has 0 spiro atoms. The molecule has 0 fully saturated rings. The highest BCUT2D eigenvalue weighted by molar-refractivity contribution is 6.42. The molecule has 0 amide bonds. The average molecular weight is 295 g/mol. The molecule has 0 unspecified atom stereocenters. The molecule has 1 heterocycles. The van der Waals surface area contributed by atoms with Crippen molar-refractivity contribution < 1.29 is 0 Å². The minimum Gasteiger partial charge on any atom is -0.243 e. The Bertz CT molecular complexity index is 641. The van der Waals surface area contributed by atoms with Gasteiger partial charge in [-0.3, -0.25) is 0 Å². The topological polar surface area (TPSA) is 54.5 Å². The molecule has 2 rings (SSSR count). The van der Waals surface area contributed by atoms with Crippen LogP contribution in [0.15, 0.2) is 18.2 Å². The van der Waals surface area contributed by atoms with Crippen molar-refractivity contribution in [3.63, 3.8) is 0 Å². The second kappa shape index (κ2) is 5.60. The molecule has 19 heavy (non-hydrogen) atoms. The molecule has 98 valence electrons. The van der Waals surface area contributed by atoms with Crippen molar-refractivity contribution in [2.45, 2.75) is 20.4 Å². The molecular formula is C13H12Cl2N4. The number of rotatable bonds is 3. The van der Waals surface area contributed by atoms with Gasteiger partial charge in [-0.05, 0) is 18.1 Å². The van der Waals surface area contributed by atoms with E-state index >= 15 is 0 Å². The lowest BCUT2D eigenvalue weighted by Gasteiger charge is -2.09. The molecule has 0 atom stereocenters. The second-order valence-corrected chi connectivity index (χ2v) is 5.42. The lowest BCUT2D eigenvalue weighted by atomic mass is 10.1. The van der Waals surface area contributed by atoms with Gasteiger partial charge in [-0.25, -0.2) is 4.68 Å². The van der Waals surface area contributed by atoms with Crippen molar-refractivity contribution in [1.82, 2.24) is 15.0 Å². The van der Waals surface area contributed by atoms with E-state index in [0.717, 1.165) is 5.56 Å². The van der Waals surface area contributed by atoms with E-state index < -0.39 is 0 Å². The first-order valence-electron chi connectivity index (χ1n) is 5.82. The van der Waals surface area contributed by atoms with Crippen LogP contribution in [0.5, 0.6) is 0 Å². The van der Waals surface area contributed by atoms with Crippen molar-refractivity contribution in [3.8, 4) is 17.3 Å². The smallest absolute Gasteiger partial charge is 0.190 e. The zero-order valence-electron chi connectivity index (χ0n) is 10.6. The molecule has 4 nitrogen and oxygen atoms in total. The molecule has 0 aliphatic carbocycles. The lowest BCUT2D eigenvalue weighted by Crippen LogP contribution is -2.08. The highest BCUT2D eigenvalue weighted by atomic mass is 35.5. The number of hydrogen-bond acceptors (Lipinski definition) is 3. The maximum absolute atomic E-state index is 9.13. The number of halogens is 2. The van der Waals surface area contributed by atoms with Gasteiger partial charge in [-0.2, -0.15) is 5.26 Å². The summed E-state index contributed by atoms with van der Waals surface area (Å²) >= 11 is 11.9. The SMILES string of the molecule is CC(C)Cn1nnc(C#N)c1-c1ccc(Cl)c(Cl)c1. The fourth-order valence-corrected chi connectivity index (χ4v) is 2.09. The van der Waals surface area contributed by atoms with Crippen molar-refractivity contribution in [2.24, 2.45) is 5.92 Å². The molecule has 1 aromatic heterocycles. The molecule has 2 aromatic rings. The van der Waals surface area contributed by atoms with E-state index in [9.17, 15) is 0 Å². The zero-order chi connectivity index (χ0) is 14.0. The van der Waals surface area contributed by atoms with Crippen molar-refractivity contribution in [2.75, 3.05) is 0 Å². The Morgan fingerprint density at radius 1 is 1.32 bits per heavy atom. The van der Waals surface area contributed by atoms with Gasteiger partial charge in [-0.15, -0.1) is 5.10 Å². The number of aromatic nitrogens is 3. The normalized spacial score (nSPS) is 10.7. The third-order valence-corrected chi connectivity index (χ3v) is 3.31. The Kier molecular flexibility index (Phi) is 4.08. The molecule has 0 N–H and O–H groups in total. The van der Waals surface area contributed by atoms with Gasteiger partial charge in [0.05, 0.1) is 10.0 Å². The summed E-state index contributed by atoms with van der Waals surface area (Å²) in [5, 5.41) is 18.0. The molecule has 0 aliphatic rings. The van der Waals surface area contributed by atoms with Gasteiger partial charge >= 0.3 is 0 Å². The van der Waals surface area contributed by atoms with Crippen LogP contribution in [0.25, 0.3) is 11.3 Å². The fraction of sp³-hybridized carbons (Fsp3) is 0.308. The third-order valence-electron chi connectivity index (χ3n) is 2.57. The Morgan fingerprint density at radius 2 is 2.05 bits per heavy atom. The van der Waals surface area contributed by atoms with Crippen LogP contribution in [0.2, 0.25) is 10.0 Å². The number of nitriles is 1. The van der Waals surface area contributed by atoms with Gasteiger partial charge in [0.15, 0.2) is 5.69 Å². The van der Waals surface area contributed by atoms with Crippen molar-refractivity contribution in [1.29, 1.82) is 5.26 Å². The van der Waals surface area contributed by atoms with Gasteiger partial charge in [-0.1, -0.05) is 48.3 Å². The van der Waals surface area contributed by atoms with Crippen LogP contribution in [0.4, 0.5) is 0 Å². The minimum absolute atomic E-state index is 0.291. The average Bonchev–Trinajstić information content (AvgIpc) is 2.74. The summed E-state index contributed by atoms with van der Waals surface area (Å²) in [6, 6.07) is 7.29. The Balaban J connectivity index is 2.56. The molecule has 6 heteroatoms. The van der Waals surface area contributed by atoms with Crippen molar-refractivity contribution in [3.05, 3.63) is 33.9 Å². The molecule has 0 saturated heterocycles. The van der Waals surface area contributed by atoms with Crippen LogP contribution in [-0.4, -0.2) is 15.0 Å². The van der Waals surface area contributed by atoms with Crippen molar-refractivity contribution >= 4 is 23.2 Å². The van der Waals surface area contributed by atoms with Gasteiger partial charge in [0, 0.05) is 12.1 Å². The summed E-state index contributed by atoms with van der Waals surface area (Å²) in [5.41, 5.74) is 1.76. The molecular weight excluding hydrogens is 283 g/mol. The van der Waals surface area contributed by atoms with Gasteiger partial charge in [0.2, 0.25) is 0 Å². The summed E-state index contributed by atoms with van der Waals surface area (Å²) in [5.74, 6) is 0.398. The van der Waals surface area contributed by atoms with E-state index in [0.29, 0.717) is 33.9 Å². The van der Waals surface area contributed by atoms with Crippen LogP contribution in [-0.2, 0) is 6.54 Å². The van der Waals surface area contributed by atoms with Crippen LogP contribution in [0.3, 0.4) is 0 Å². The maximum Gasteiger partial charge on any atom is 0.190 e. The highest BCUT2D eigenvalue weighted by Crippen LogP contribution is 2.29. The standard InChI is InChI=1S/C13H12Cl2N4/c1-8(2)7-19-13(12(6-16)17-18-19)9-3-4-10(14)11(15)5-9/h3-5,8H,7H2,1-2H3. The third kappa shape index (κ3) is 2.89. The Hall–Kier alpha value is -1.57. The summed E-state index contributed by atoms with van der Waals surface area (Å²) in [6.45, 7) is 4.84. The monoisotopic (exact) mass is 294 g/mol. The van der Waals surface area contributed by atoms with E-state index in [2.05, 4.69) is 30.2 Å². The summed E-state index contributed by atoms with van der Waals surface area (Å²) < 4.78 is 1.72. The quantitative estimate of drug-likeness (QED) is 0.865. The molecule has 0 radical (unpaired) electrons. The van der Waals surface area contributed by atoms with Crippen LogP contribution >= 0.6 is 23.2 Å². The van der Waals surface area contributed by atoms with Crippen LogP contribution in [0.1, 0.15) is 19.5 Å². The highest BCUT2D eigenvalue weighted by Gasteiger charge is 2.16. The largest absolute Gasteiger partial charge is 0.243 e. The first-order valence-corrected chi connectivity index (χ1v) is 6.57. The molecule has 0 saturated carbocycles. The number of benzene rings is 1. The number of nitrogens with zero attached hydrogens (tertiary/aromatic N) is 4. The Morgan fingerprint density at radius 3 is 2.63 bits per heavy atom. The van der Waals surface area contributed by atoms with Crippen LogP contribution < -0.4 is 0 Å². The van der Waals surface area contributed by atoms with E-state index in [4.69, 9.17) is 28.5 Å². The zero-order valence-corrected chi connectivity index (χ0v) is 12.1. The fourth-order valence-electron chi connectivity index (χ4n) is 1.79. The summed E-state index contributed by atoms with van der Waals surface area (Å²) in [6.07, 6.45) is 0. The van der Waals surface area contributed by atoms with E-state index in [1.807, 2.05) is 6.07 Å². The van der Waals surface area contributed by atoms with E-state index in [1.165, 1.54) is 0 Å². The van der Waals surface area contributed by atoms with Crippen LogP contribution in [0, 0.1) is 17.2 Å². The summed E-state index contributed by atoms with van der Waals surface area (Å²) in [7, 11) is 0. The first-order chi connectivity index (χ1) is 9.02. The van der Waals surface area contributed by atoms with E-state index in [-0.39, 0.29) is 0 Å². The van der Waals surface area contributed by atoms with Gasteiger partial charge in [0.1, 0.15) is 11.8 Å². The number of hydrogen-bond donors (Lipinski definition) is 0. The lowest BCUT2D eigenvalue weighted by molar-refractivity contribution is 0.475. The summed E-state index contributed by atoms with van der Waals surface area (Å²) in [4.78, 5) is 0. The molecule has 1 aromatic carbocycles. The van der Waals surface area contributed by atoms with Gasteiger partial charge in [0.25, 0.3) is 0 Å². The maximum atomic E-state index is 9.13. The molecule has 0 bridgehead atoms. The minimum atomic E-state index is 0.291. The predicted molar refractivity (Wildman–Crippen MR) is 75.0 cm³/mol. The molecule has 0 aliphatic heterocycles. The predicted octanol–water partition coefficient (Wildman–Crippen LogP) is 3.78.